The number of amides is 1. The number of halogens is 1. The second kappa shape index (κ2) is 6.88. The van der Waals surface area contributed by atoms with Crippen molar-refractivity contribution >= 4 is 23.2 Å². The fourth-order valence-corrected chi connectivity index (χ4v) is 2.58. The summed E-state index contributed by atoms with van der Waals surface area (Å²) in [5.74, 6) is -0.0473. The fourth-order valence-electron chi connectivity index (χ4n) is 2.46. The third kappa shape index (κ3) is 3.49. The summed E-state index contributed by atoms with van der Waals surface area (Å²) in [7, 11) is 1.74. The van der Waals surface area contributed by atoms with Crippen molar-refractivity contribution in [2.24, 2.45) is 0 Å². The van der Waals surface area contributed by atoms with Crippen molar-refractivity contribution in [3.8, 4) is 0 Å². The van der Waals surface area contributed by atoms with E-state index in [9.17, 15) is 9.59 Å². The van der Waals surface area contributed by atoms with Crippen LogP contribution in [0.2, 0.25) is 5.02 Å². The van der Waals surface area contributed by atoms with E-state index in [2.05, 4.69) is 5.10 Å². The molecule has 0 aliphatic rings. The van der Waals surface area contributed by atoms with Crippen molar-refractivity contribution < 1.29 is 4.79 Å². The molecule has 0 aliphatic carbocycles. The first-order valence-electron chi connectivity index (χ1n) is 7.57. The lowest BCUT2D eigenvalue weighted by Crippen LogP contribution is -2.29. The van der Waals surface area contributed by atoms with Crippen molar-refractivity contribution in [1.82, 2.24) is 19.1 Å². The van der Waals surface area contributed by atoms with Gasteiger partial charge in [0.1, 0.15) is 0 Å². The number of carbonyl (C=O) groups excluding carboxylic acids is 1. The highest BCUT2D eigenvalue weighted by molar-refractivity contribution is 6.30. The summed E-state index contributed by atoms with van der Waals surface area (Å²) in [6.45, 7) is 0.750. The summed E-state index contributed by atoms with van der Waals surface area (Å²) in [6.07, 6.45) is 1.88. The third-order valence-electron chi connectivity index (χ3n) is 3.78. The number of nitrogens with zero attached hydrogens (tertiary/aromatic N) is 4. The van der Waals surface area contributed by atoms with E-state index in [1.165, 1.54) is 9.08 Å². The number of carbonyl (C=O) groups is 1. The number of pyridine rings is 1. The lowest BCUT2D eigenvalue weighted by Gasteiger charge is -2.17. The van der Waals surface area contributed by atoms with Crippen molar-refractivity contribution in [2.45, 2.75) is 19.5 Å². The van der Waals surface area contributed by atoms with Gasteiger partial charge in [-0.15, -0.1) is 5.10 Å². The Bertz CT molecular complexity index is 914. The monoisotopic (exact) mass is 344 g/mol. The largest absolute Gasteiger partial charge is 0.350 e. The zero-order valence-corrected chi connectivity index (χ0v) is 14.0. The molecule has 0 radical (unpaired) electrons. The van der Waals surface area contributed by atoms with Gasteiger partial charge in [0.2, 0.25) is 5.91 Å². The maximum atomic E-state index is 12.3. The summed E-state index contributed by atoms with van der Waals surface area (Å²) in [4.78, 5) is 26.1. The molecule has 2 heterocycles. The predicted molar refractivity (Wildman–Crippen MR) is 92.0 cm³/mol. The van der Waals surface area contributed by atoms with E-state index < -0.39 is 0 Å². The number of rotatable bonds is 5. The molecule has 2 aromatic heterocycles. The van der Waals surface area contributed by atoms with E-state index in [-0.39, 0.29) is 24.6 Å². The summed E-state index contributed by atoms with van der Waals surface area (Å²) in [6, 6.07) is 12.7. The van der Waals surface area contributed by atoms with E-state index >= 15 is 0 Å². The minimum Gasteiger partial charge on any atom is -0.341 e. The molecular formula is C17H17ClN4O2. The van der Waals surface area contributed by atoms with Crippen LogP contribution in [0.3, 0.4) is 0 Å². The molecule has 124 valence electrons. The third-order valence-corrected chi connectivity index (χ3v) is 4.04. The first kappa shape index (κ1) is 16.3. The average Bonchev–Trinajstić information content (AvgIpc) is 2.91. The fraction of sp³-hybridized carbons (Fsp3) is 0.235. The molecule has 0 saturated heterocycles. The van der Waals surface area contributed by atoms with Crippen LogP contribution in [-0.2, 0) is 17.9 Å². The molecule has 0 aliphatic heterocycles. The van der Waals surface area contributed by atoms with Crippen LogP contribution in [0.4, 0.5) is 0 Å². The Kier molecular flexibility index (Phi) is 4.66. The summed E-state index contributed by atoms with van der Waals surface area (Å²) in [5.41, 5.74) is 1.34. The molecule has 0 unspecified atom stereocenters. The van der Waals surface area contributed by atoms with Gasteiger partial charge >= 0.3 is 5.69 Å². The van der Waals surface area contributed by atoms with Crippen LogP contribution in [0.15, 0.2) is 53.5 Å². The van der Waals surface area contributed by atoms with Crippen LogP contribution >= 0.6 is 11.6 Å². The van der Waals surface area contributed by atoms with Crippen molar-refractivity contribution in [2.75, 3.05) is 7.05 Å². The number of benzene rings is 1. The Morgan fingerprint density at radius 1 is 1.21 bits per heavy atom. The molecular weight excluding hydrogens is 328 g/mol. The van der Waals surface area contributed by atoms with E-state index in [0.717, 1.165) is 5.56 Å². The molecule has 1 aromatic carbocycles. The van der Waals surface area contributed by atoms with Crippen LogP contribution in [0.25, 0.3) is 5.65 Å². The molecule has 0 N–H and O–H groups in total. The number of aryl methyl sites for hydroxylation is 1. The minimum absolute atomic E-state index is 0.0473. The van der Waals surface area contributed by atoms with E-state index in [0.29, 0.717) is 17.2 Å². The average molecular weight is 345 g/mol. The van der Waals surface area contributed by atoms with E-state index in [1.54, 1.807) is 42.4 Å². The molecule has 0 atom stereocenters. The predicted octanol–water partition coefficient (Wildman–Crippen LogP) is 2.20. The lowest BCUT2D eigenvalue weighted by atomic mass is 10.2. The highest BCUT2D eigenvalue weighted by Crippen LogP contribution is 2.11. The molecule has 6 nitrogen and oxygen atoms in total. The standard InChI is InChI=1S/C17H17ClN4O2/c1-20(12-13-5-7-14(18)8-6-13)16(23)9-11-22-17(24)21-10-3-2-4-15(21)19-22/h2-8,10H,9,11-12H2,1H3. The van der Waals surface area contributed by atoms with Crippen LogP contribution in [0.5, 0.6) is 0 Å². The van der Waals surface area contributed by atoms with Crippen LogP contribution in [0.1, 0.15) is 12.0 Å². The van der Waals surface area contributed by atoms with Gasteiger partial charge in [0.05, 0.1) is 6.54 Å². The van der Waals surface area contributed by atoms with E-state index in [4.69, 9.17) is 11.6 Å². The topological polar surface area (TPSA) is 59.6 Å². The Labute approximate surface area is 143 Å². The van der Waals surface area contributed by atoms with Crippen LogP contribution < -0.4 is 5.69 Å². The second-order valence-electron chi connectivity index (χ2n) is 5.56. The van der Waals surface area contributed by atoms with Gasteiger partial charge in [0.15, 0.2) is 5.65 Å². The van der Waals surface area contributed by atoms with Gasteiger partial charge in [0, 0.05) is 31.2 Å². The highest BCUT2D eigenvalue weighted by atomic mass is 35.5. The highest BCUT2D eigenvalue weighted by Gasteiger charge is 2.12. The Balaban J connectivity index is 1.62. The molecule has 0 fully saturated rings. The molecule has 1 amide bonds. The smallest absolute Gasteiger partial charge is 0.341 e. The van der Waals surface area contributed by atoms with Crippen LogP contribution in [-0.4, -0.2) is 32.0 Å². The quantitative estimate of drug-likeness (QED) is 0.713. The summed E-state index contributed by atoms with van der Waals surface area (Å²) < 4.78 is 2.78. The number of aromatic nitrogens is 3. The first-order chi connectivity index (χ1) is 11.5. The van der Waals surface area contributed by atoms with Gasteiger partial charge in [-0.1, -0.05) is 29.8 Å². The maximum absolute atomic E-state index is 12.3. The number of hydrogen-bond acceptors (Lipinski definition) is 3. The SMILES string of the molecule is CN(Cc1ccc(Cl)cc1)C(=O)CCn1nc2ccccn2c1=O. The van der Waals surface area contributed by atoms with Crippen molar-refractivity contribution in [1.29, 1.82) is 0 Å². The van der Waals surface area contributed by atoms with E-state index in [1.807, 2.05) is 18.2 Å². The lowest BCUT2D eigenvalue weighted by molar-refractivity contribution is -0.130. The summed E-state index contributed by atoms with van der Waals surface area (Å²) >= 11 is 5.85. The molecule has 0 bridgehead atoms. The normalized spacial score (nSPS) is 10.9. The van der Waals surface area contributed by atoms with Gasteiger partial charge < -0.3 is 4.90 Å². The molecule has 7 heteroatoms. The van der Waals surface area contributed by atoms with Crippen molar-refractivity contribution in [3.63, 3.8) is 0 Å². The van der Waals surface area contributed by atoms with Gasteiger partial charge in [-0.25, -0.2) is 9.48 Å². The molecule has 3 aromatic rings. The Morgan fingerprint density at radius 2 is 1.96 bits per heavy atom. The zero-order chi connectivity index (χ0) is 17.1. The number of fused-ring (bicyclic) bond motifs is 1. The first-order valence-corrected chi connectivity index (χ1v) is 7.95. The van der Waals surface area contributed by atoms with Crippen LogP contribution in [0, 0.1) is 0 Å². The number of hydrogen-bond donors (Lipinski definition) is 0. The van der Waals surface area contributed by atoms with Gasteiger partial charge in [-0.3, -0.25) is 9.20 Å². The molecule has 0 spiro atoms. The zero-order valence-electron chi connectivity index (χ0n) is 13.2. The summed E-state index contributed by atoms with van der Waals surface area (Å²) in [5, 5.41) is 4.88. The van der Waals surface area contributed by atoms with Gasteiger partial charge in [-0.05, 0) is 29.8 Å². The Morgan fingerprint density at radius 3 is 2.67 bits per heavy atom. The maximum Gasteiger partial charge on any atom is 0.350 e. The second-order valence-corrected chi connectivity index (χ2v) is 6.00. The molecule has 0 saturated carbocycles. The molecule has 24 heavy (non-hydrogen) atoms. The van der Waals surface area contributed by atoms with Gasteiger partial charge in [-0.2, -0.15) is 0 Å². The van der Waals surface area contributed by atoms with Gasteiger partial charge in [0.25, 0.3) is 0 Å². The minimum atomic E-state index is -0.237. The molecule has 3 rings (SSSR count). The Hall–Kier alpha value is -2.60. The van der Waals surface area contributed by atoms with Crippen molar-refractivity contribution in [3.05, 3.63) is 69.7 Å².